The van der Waals surface area contributed by atoms with E-state index >= 15 is 0 Å². The summed E-state index contributed by atoms with van der Waals surface area (Å²) < 4.78 is 10.1. The number of carbonyl (C=O) groups excluding carboxylic acids is 2. The molecule has 1 unspecified atom stereocenters. The quantitative estimate of drug-likeness (QED) is 0.774. The van der Waals surface area contributed by atoms with E-state index in [1.807, 2.05) is 20.8 Å². The highest BCUT2D eigenvalue weighted by Crippen LogP contribution is 2.58. The van der Waals surface area contributed by atoms with Gasteiger partial charge in [0.15, 0.2) is 0 Å². The molecule has 0 aromatic rings. The van der Waals surface area contributed by atoms with E-state index in [4.69, 9.17) is 15.2 Å². The molecule has 0 bridgehead atoms. The Balaban J connectivity index is 1.82. The zero-order valence-electron chi connectivity index (χ0n) is 14.7. The van der Waals surface area contributed by atoms with E-state index in [2.05, 4.69) is 5.32 Å². The number of methoxy groups -OCH3 is 1. The van der Waals surface area contributed by atoms with E-state index in [-0.39, 0.29) is 23.5 Å². The number of rotatable bonds is 4. The van der Waals surface area contributed by atoms with Crippen LogP contribution in [0.1, 0.15) is 59.3 Å². The Hall–Kier alpha value is -1.30. The SMILES string of the molecule is COC(=O)C(N)C1(C2CCC(NC(=O)OC(C)(C)C)CC2)CC1. The molecule has 2 aliphatic carbocycles. The lowest BCUT2D eigenvalue weighted by Crippen LogP contribution is -2.47. The smallest absolute Gasteiger partial charge is 0.407 e. The summed E-state index contributed by atoms with van der Waals surface area (Å²) in [5.41, 5.74) is 5.56. The molecule has 2 saturated carbocycles. The van der Waals surface area contributed by atoms with Crippen molar-refractivity contribution >= 4 is 12.1 Å². The summed E-state index contributed by atoms with van der Waals surface area (Å²) in [6.07, 6.45) is 5.40. The van der Waals surface area contributed by atoms with Crippen LogP contribution < -0.4 is 11.1 Å². The van der Waals surface area contributed by atoms with Crippen LogP contribution in [0.5, 0.6) is 0 Å². The van der Waals surface area contributed by atoms with Crippen molar-refractivity contribution in [2.24, 2.45) is 17.1 Å². The van der Waals surface area contributed by atoms with Crippen molar-refractivity contribution in [2.45, 2.75) is 77.0 Å². The van der Waals surface area contributed by atoms with Crippen molar-refractivity contribution in [3.63, 3.8) is 0 Å². The lowest BCUT2D eigenvalue weighted by atomic mass is 9.73. The third kappa shape index (κ3) is 4.37. The predicted octanol–water partition coefficient (Wildman–Crippen LogP) is 2.35. The molecule has 23 heavy (non-hydrogen) atoms. The zero-order chi connectivity index (χ0) is 17.3. The molecule has 6 heteroatoms. The second-order valence-corrected chi connectivity index (χ2v) is 7.93. The third-order valence-electron chi connectivity index (χ3n) is 5.16. The highest BCUT2D eigenvalue weighted by Gasteiger charge is 2.56. The largest absolute Gasteiger partial charge is 0.468 e. The lowest BCUT2D eigenvalue weighted by Gasteiger charge is -2.36. The summed E-state index contributed by atoms with van der Waals surface area (Å²) in [4.78, 5) is 23.6. The molecule has 0 heterocycles. The lowest BCUT2D eigenvalue weighted by molar-refractivity contribution is -0.144. The molecule has 1 atom stereocenters. The molecule has 2 aliphatic rings. The van der Waals surface area contributed by atoms with Gasteiger partial charge in [-0.2, -0.15) is 0 Å². The zero-order valence-corrected chi connectivity index (χ0v) is 14.7. The number of hydrogen-bond acceptors (Lipinski definition) is 5. The molecule has 0 radical (unpaired) electrons. The van der Waals surface area contributed by atoms with Gasteiger partial charge in [0.25, 0.3) is 0 Å². The molecular formula is C17H30N2O4. The Labute approximate surface area is 138 Å². The standard InChI is InChI=1S/C17H30N2O4/c1-16(2,3)23-15(21)19-12-7-5-11(6-8-12)17(9-10-17)13(18)14(20)22-4/h11-13H,5-10,18H2,1-4H3,(H,19,21). The fourth-order valence-electron chi connectivity index (χ4n) is 3.77. The van der Waals surface area contributed by atoms with Gasteiger partial charge in [-0.05, 0) is 70.6 Å². The van der Waals surface area contributed by atoms with E-state index in [0.29, 0.717) is 5.92 Å². The average Bonchev–Trinajstić information content (AvgIpc) is 3.26. The Morgan fingerprint density at radius 3 is 2.17 bits per heavy atom. The fourth-order valence-corrected chi connectivity index (χ4v) is 3.77. The van der Waals surface area contributed by atoms with Crippen molar-refractivity contribution in [1.82, 2.24) is 5.32 Å². The van der Waals surface area contributed by atoms with Gasteiger partial charge in [0.05, 0.1) is 7.11 Å². The molecule has 0 aromatic heterocycles. The highest BCUT2D eigenvalue weighted by atomic mass is 16.6. The number of esters is 1. The van der Waals surface area contributed by atoms with Crippen molar-refractivity contribution in [3.8, 4) is 0 Å². The first-order valence-electron chi connectivity index (χ1n) is 8.51. The molecule has 132 valence electrons. The van der Waals surface area contributed by atoms with Crippen LogP contribution in [0.2, 0.25) is 0 Å². The molecule has 0 aliphatic heterocycles. The maximum atomic E-state index is 11.8. The van der Waals surface area contributed by atoms with Crippen LogP contribution in [-0.2, 0) is 14.3 Å². The van der Waals surface area contributed by atoms with Crippen LogP contribution in [0.4, 0.5) is 4.79 Å². The van der Waals surface area contributed by atoms with Crippen LogP contribution in [-0.4, -0.2) is 36.9 Å². The molecule has 3 N–H and O–H groups in total. The number of amides is 1. The third-order valence-corrected chi connectivity index (χ3v) is 5.16. The Morgan fingerprint density at radius 1 is 1.17 bits per heavy atom. The van der Waals surface area contributed by atoms with E-state index < -0.39 is 11.6 Å². The van der Waals surface area contributed by atoms with E-state index in [9.17, 15) is 9.59 Å². The first kappa shape index (κ1) is 18.0. The number of carbonyl (C=O) groups is 2. The van der Waals surface area contributed by atoms with Gasteiger partial charge in [-0.3, -0.25) is 4.79 Å². The molecule has 0 aromatic carbocycles. The van der Waals surface area contributed by atoms with E-state index in [0.717, 1.165) is 38.5 Å². The second kappa shape index (κ2) is 6.67. The van der Waals surface area contributed by atoms with E-state index in [1.165, 1.54) is 7.11 Å². The Morgan fingerprint density at radius 2 is 1.74 bits per heavy atom. The van der Waals surface area contributed by atoms with Crippen LogP contribution in [0.15, 0.2) is 0 Å². The van der Waals surface area contributed by atoms with Gasteiger partial charge >= 0.3 is 12.1 Å². The average molecular weight is 326 g/mol. The van der Waals surface area contributed by atoms with Gasteiger partial charge in [0.2, 0.25) is 0 Å². The number of hydrogen-bond donors (Lipinski definition) is 2. The van der Waals surface area contributed by atoms with Gasteiger partial charge < -0.3 is 20.5 Å². The second-order valence-electron chi connectivity index (χ2n) is 7.93. The maximum Gasteiger partial charge on any atom is 0.407 e. The Kier molecular flexibility index (Phi) is 5.23. The minimum Gasteiger partial charge on any atom is -0.468 e. The molecule has 0 spiro atoms. The van der Waals surface area contributed by atoms with Crippen LogP contribution in [0.3, 0.4) is 0 Å². The van der Waals surface area contributed by atoms with Gasteiger partial charge in [0, 0.05) is 6.04 Å². The van der Waals surface area contributed by atoms with Gasteiger partial charge in [0.1, 0.15) is 11.6 Å². The first-order valence-corrected chi connectivity index (χ1v) is 8.51. The van der Waals surface area contributed by atoms with Crippen molar-refractivity contribution < 1.29 is 19.1 Å². The van der Waals surface area contributed by atoms with Crippen molar-refractivity contribution in [2.75, 3.05) is 7.11 Å². The normalized spacial score (nSPS) is 27.7. The van der Waals surface area contributed by atoms with Gasteiger partial charge in [-0.15, -0.1) is 0 Å². The molecule has 6 nitrogen and oxygen atoms in total. The topological polar surface area (TPSA) is 90.6 Å². The monoisotopic (exact) mass is 326 g/mol. The number of nitrogens with one attached hydrogen (secondary N) is 1. The summed E-state index contributed by atoms with van der Waals surface area (Å²) in [7, 11) is 1.39. The summed E-state index contributed by atoms with van der Waals surface area (Å²) >= 11 is 0. The molecular weight excluding hydrogens is 296 g/mol. The van der Waals surface area contributed by atoms with Gasteiger partial charge in [-0.25, -0.2) is 4.79 Å². The summed E-state index contributed by atoms with van der Waals surface area (Å²) in [5, 5.41) is 2.95. The van der Waals surface area contributed by atoms with Crippen LogP contribution in [0, 0.1) is 11.3 Å². The van der Waals surface area contributed by atoms with Crippen molar-refractivity contribution in [1.29, 1.82) is 0 Å². The first-order chi connectivity index (χ1) is 10.7. The minimum absolute atomic E-state index is 0.0794. The van der Waals surface area contributed by atoms with Crippen LogP contribution in [0.25, 0.3) is 0 Å². The maximum absolute atomic E-state index is 11.8. The number of alkyl carbamates (subject to hydrolysis) is 1. The van der Waals surface area contributed by atoms with Crippen molar-refractivity contribution in [3.05, 3.63) is 0 Å². The molecule has 0 saturated heterocycles. The fraction of sp³-hybridized carbons (Fsp3) is 0.882. The number of nitrogens with two attached hydrogens (primary N) is 1. The van der Waals surface area contributed by atoms with Crippen LogP contribution >= 0.6 is 0 Å². The molecule has 2 fully saturated rings. The highest BCUT2D eigenvalue weighted by molar-refractivity contribution is 5.77. The predicted molar refractivity (Wildman–Crippen MR) is 86.8 cm³/mol. The molecule has 2 rings (SSSR count). The summed E-state index contributed by atoms with van der Waals surface area (Å²) in [6.45, 7) is 5.57. The Bertz CT molecular complexity index is 446. The van der Waals surface area contributed by atoms with Gasteiger partial charge in [-0.1, -0.05) is 0 Å². The number of ether oxygens (including phenoxy) is 2. The summed E-state index contributed by atoms with van der Waals surface area (Å²) in [5.74, 6) is 0.129. The summed E-state index contributed by atoms with van der Waals surface area (Å²) in [6, 6.07) is -0.376. The minimum atomic E-state index is -0.520. The van der Waals surface area contributed by atoms with E-state index in [1.54, 1.807) is 0 Å². The molecule has 1 amide bonds.